The summed E-state index contributed by atoms with van der Waals surface area (Å²) in [5.41, 5.74) is 5.30. The van der Waals surface area contributed by atoms with Crippen LogP contribution in [0.1, 0.15) is 28.3 Å². The van der Waals surface area contributed by atoms with Crippen LogP contribution in [0.3, 0.4) is 0 Å². The molecule has 122 valence electrons. The van der Waals surface area contributed by atoms with Crippen LogP contribution in [0.15, 0.2) is 36.4 Å². The van der Waals surface area contributed by atoms with Crippen molar-refractivity contribution in [2.24, 2.45) is 0 Å². The van der Waals surface area contributed by atoms with Gasteiger partial charge in [0.15, 0.2) is 0 Å². The van der Waals surface area contributed by atoms with Gasteiger partial charge in [0.05, 0.1) is 26.3 Å². The first kappa shape index (κ1) is 16.3. The molecule has 0 radical (unpaired) electrons. The second-order valence-electron chi connectivity index (χ2n) is 6.81. The molecule has 0 aliphatic carbocycles. The number of phenols is 1. The molecule has 4 rings (SSSR count). The van der Waals surface area contributed by atoms with E-state index < -0.39 is 0 Å². The van der Waals surface area contributed by atoms with Crippen LogP contribution in [-0.2, 0) is 19.4 Å². The monoisotopic (exact) mass is 375 g/mol. The highest BCUT2D eigenvalue weighted by Gasteiger charge is 2.43. The number of methoxy groups -OCH3 is 1. The summed E-state index contributed by atoms with van der Waals surface area (Å²) in [6.45, 7) is 2.02. The van der Waals surface area contributed by atoms with Gasteiger partial charge in [-0.3, -0.25) is 0 Å². The van der Waals surface area contributed by atoms with E-state index in [1.807, 2.05) is 12.1 Å². The topological polar surface area (TPSA) is 29.5 Å². The van der Waals surface area contributed by atoms with Crippen molar-refractivity contribution in [2.45, 2.75) is 25.4 Å². The van der Waals surface area contributed by atoms with Gasteiger partial charge in [-0.1, -0.05) is 12.1 Å². The summed E-state index contributed by atoms with van der Waals surface area (Å²) in [6, 6.07) is 12.9. The number of likely N-dealkylation sites (N-methyl/N-ethyl adjacent to an activating group) is 1. The van der Waals surface area contributed by atoms with E-state index in [9.17, 15) is 5.11 Å². The van der Waals surface area contributed by atoms with E-state index in [4.69, 9.17) is 4.74 Å². The largest absolute Gasteiger partial charge is 1.00 e. The Kier molecular flexibility index (Phi) is 4.15. The first-order valence-corrected chi connectivity index (χ1v) is 7.91. The lowest BCUT2D eigenvalue weighted by molar-refractivity contribution is -0.956. The molecule has 0 bridgehead atoms. The van der Waals surface area contributed by atoms with E-state index in [-0.39, 0.29) is 17.0 Å². The smallest absolute Gasteiger partial charge is 0.124 e. The van der Waals surface area contributed by atoms with Crippen molar-refractivity contribution in [3.8, 4) is 11.5 Å². The number of benzene rings is 2. The van der Waals surface area contributed by atoms with Gasteiger partial charge in [-0.05, 0) is 35.4 Å². The Bertz CT molecular complexity index is 746. The molecule has 2 heterocycles. The summed E-state index contributed by atoms with van der Waals surface area (Å²) >= 11 is 0. The van der Waals surface area contributed by atoms with Crippen LogP contribution >= 0.6 is 0 Å². The van der Waals surface area contributed by atoms with E-state index in [1.165, 1.54) is 16.7 Å². The predicted octanol–water partition coefficient (Wildman–Crippen LogP) is 0.205. The minimum Gasteiger partial charge on any atom is -1.00 e. The summed E-state index contributed by atoms with van der Waals surface area (Å²) < 4.78 is 6.37. The molecule has 4 heteroatoms. The summed E-state index contributed by atoms with van der Waals surface area (Å²) in [5, 5.41) is 10.2. The summed E-state index contributed by atoms with van der Waals surface area (Å²) in [5.74, 6) is 1.40. The number of halogens is 1. The van der Waals surface area contributed by atoms with Gasteiger partial charge in [-0.15, -0.1) is 0 Å². The number of rotatable bonds is 1. The van der Waals surface area contributed by atoms with Crippen molar-refractivity contribution >= 4 is 0 Å². The van der Waals surface area contributed by atoms with Gasteiger partial charge in [0.1, 0.15) is 24.1 Å². The quantitative estimate of drug-likeness (QED) is 0.721. The van der Waals surface area contributed by atoms with Crippen LogP contribution in [0.25, 0.3) is 0 Å². The third-order valence-electron chi connectivity index (χ3n) is 5.53. The Morgan fingerprint density at radius 3 is 2.78 bits per heavy atom. The third-order valence-corrected chi connectivity index (χ3v) is 5.53. The number of aromatic hydroxyl groups is 1. The second kappa shape index (κ2) is 5.84. The molecule has 2 aliphatic rings. The fourth-order valence-electron chi connectivity index (χ4n) is 4.20. The van der Waals surface area contributed by atoms with Gasteiger partial charge in [0, 0.05) is 18.4 Å². The van der Waals surface area contributed by atoms with Crippen LogP contribution in [-0.4, -0.2) is 30.3 Å². The number of phenolic OH excluding ortho intramolecular Hbond substituents is 1. The molecule has 2 unspecified atom stereocenters. The van der Waals surface area contributed by atoms with Crippen molar-refractivity contribution in [1.82, 2.24) is 0 Å². The fourth-order valence-corrected chi connectivity index (χ4v) is 4.20. The van der Waals surface area contributed by atoms with Gasteiger partial charge in [0.25, 0.3) is 0 Å². The van der Waals surface area contributed by atoms with E-state index in [0.717, 1.165) is 41.7 Å². The lowest BCUT2D eigenvalue weighted by atomic mass is 9.82. The molecule has 0 aromatic heterocycles. The zero-order chi connectivity index (χ0) is 15.3. The van der Waals surface area contributed by atoms with Crippen LogP contribution in [0, 0.1) is 0 Å². The van der Waals surface area contributed by atoms with Crippen molar-refractivity contribution in [3.05, 3.63) is 58.7 Å². The van der Waals surface area contributed by atoms with Gasteiger partial charge in [-0.2, -0.15) is 0 Å². The number of hydrogen-bond donors (Lipinski definition) is 1. The number of hydrogen-bond acceptors (Lipinski definition) is 2. The van der Waals surface area contributed by atoms with Crippen LogP contribution in [0.2, 0.25) is 0 Å². The van der Waals surface area contributed by atoms with Crippen molar-refractivity contribution in [3.63, 3.8) is 0 Å². The average molecular weight is 376 g/mol. The number of fused-ring (bicyclic) bond motifs is 4. The lowest BCUT2D eigenvalue weighted by Gasteiger charge is -2.48. The Hall–Kier alpha value is -1.52. The molecular weight excluding hydrogens is 354 g/mol. The minimum atomic E-state index is 0. The molecule has 1 N–H and O–H groups in total. The fraction of sp³-hybridized carbons (Fsp3) is 0.368. The summed E-state index contributed by atoms with van der Waals surface area (Å²) in [4.78, 5) is 0. The molecule has 23 heavy (non-hydrogen) atoms. The Labute approximate surface area is 147 Å². The van der Waals surface area contributed by atoms with E-state index in [1.54, 1.807) is 7.11 Å². The average Bonchev–Trinajstić information content (AvgIpc) is 2.53. The molecule has 0 saturated carbocycles. The number of ether oxygens (including phenoxy) is 1. The van der Waals surface area contributed by atoms with Gasteiger partial charge in [0.2, 0.25) is 0 Å². The number of nitrogens with zero attached hydrogens (tertiary/aromatic N) is 1. The van der Waals surface area contributed by atoms with Crippen LogP contribution < -0.4 is 21.7 Å². The standard InChI is InChI=1S/C19H21NO2.BrH/c1-20-9-8-14-10-15(22-2)6-7-16(14)18(20)11-13-4-3-5-19(21)17(13)12-20;/h3-7,10,18H,8-9,11-12H2,1-2H3;1H. The molecule has 0 saturated heterocycles. The van der Waals surface area contributed by atoms with Gasteiger partial charge in [-0.25, -0.2) is 0 Å². The molecule has 3 nitrogen and oxygen atoms in total. The Morgan fingerprint density at radius 1 is 1.17 bits per heavy atom. The second-order valence-corrected chi connectivity index (χ2v) is 6.81. The van der Waals surface area contributed by atoms with Crippen LogP contribution in [0.5, 0.6) is 11.5 Å². The SMILES string of the molecule is COc1ccc2c(c1)CC[N+]1(C)Cc3c(O)cccc3CC21.[Br-]. The van der Waals surface area contributed by atoms with Crippen molar-refractivity contribution in [2.75, 3.05) is 20.7 Å². The lowest BCUT2D eigenvalue weighted by Crippen LogP contribution is -3.00. The molecule has 2 aromatic carbocycles. The third kappa shape index (κ3) is 2.54. The predicted molar refractivity (Wildman–Crippen MR) is 86.0 cm³/mol. The molecular formula is C19H22BrNO2. The first-order valence-electron chi connectivity index (χ1n) is 7.91. The zero-order valence-corrected chi connectivity index (χ0v) is 15.1. The minimum absolute atomic E-state index is 0. The maximum atomic E-state index is 10.2. The zero-order valence-electron chi connectivity index (χ0n) is 13.6. The van der Waals surface area contributed by atoms with Gasteiger partial charge >= 0.3 is 0 Å². The molecule has 2 aliphatic heterocycles. The van der Waals surface area contributed by atoms with E-state index in [2.05, 4.69) is 31.3 Å². The maximum absolute atomic E-state index is 10.2. The maximum Gasteiger partial charge on any atom is 0.124 e. The highest BCUT2D eigenvalue weighted by molar-refractivity contribution is 5.44. The van der Waals surface area contributed by atoms with E-state index >= 15 is 0 Å². The molecule has 2 atom stereocenters. The van der Waals surface area contributed by atoms with Crippen LogP contribution in [0.4, 0.5) is 0 Å². The highest BCUT2D eigenvalue weighted by atomic mass is 79.9. The Morgan fingerprint density at radius 2 is 2.00 bits per heavy atom. The van der Waals surface area contributed by atoms with Crippen molar-refractivity contribution < 1.29 is 31.3 Å². The molecule has 0 spiro atoms. The molecule has 0 amide bonds. The Balaban J connectivity index is 0.00000156. The highest BCUT2D eigenvalue weighted by Crippen LogP contribution is 2.45. The van der Waals surface area contributed by atoms with Gasteiger partial charge < -0.3 is 31.3 Å². The van der Waals surface area contributed by atoms with E-state index in [0.29, 0.717) is 11.8 Å². The summed E-state index contributed by atoms with van der Waals surface area (Å²) in [7, 11) is 4.05. The van der Waals surface area contributed by atoms with Crippen molar-refractivity contribution in [1.29, 1.82) is 0 Å². The normalized spacial score (nSPS) is 24.7. The number of quaternary nitrogens is 1. The summed E-state index contributed by atoms with van der Waals surface area (Å²) in [6.07, 6.45) is 2.07. The molecule has 0 fully saturated rings. The first-order chi connectivity index (χ1) is 10.6. The molecule has 2 aromatic rings.